The molecule has 6 nitrogen and oxygen atoms in total. The number of hydrogen-bond donors (Lipinski definition) is 0. The van der Waals surface area contributed by atoms with Crippen LogP contribution in [0.25, 0.3) is 0 Å². The fourth-order valence-electron chi connectivity index (χ4n) is 1.69. The molecule has 0 unspecified atom stereocenters. The minimum Gasteiger partial charge on any atom is -0.490 e. The van der Waals surface area contributed by atoms with Crippen LogP contribution in [0, 0.1) is 15.9 Å². The van der Waals surface area contributed by atoms with Gasteiger partial charge in [0.25, 0.3) is 0 Å². The van der Waals surface area contributed by atoms with Gasteiger partial charge in [-0.05, 0) is 36.4 Å². The topological polar surface area (TPSA) is 78.7 Å². The maximum absolute atomic E-state index is 13.4. The molecule has 0 aliphatic rings. The van der Waals surface area contributed by atoms with E-state index in [2.05, 4.69) is 0 Å². The van der Waals surface area contributed by atoms with Gasteiger partial charge in [-0.2, -0.15) is 4.39 Å². The summed E-state index contributed by atoms with van der Waals surface area (Å²) in [7, 11) is 0. The molecule has 8 heteroatoms. The number of nitro benzene ring substituents is 1. The molecule has 0 radical (unpaired) electrons. The number of esters is 1. The quantitative estimate of drug-likeness (QED) is 0.347. The molecule has 0 aromatic heterocycles. The third-order valence-electron chi connectivity index (χ3n) is 2.78. The smallest absolute Gasteiger partial charge is 0.338 e. The van der Waals surface area contributed by atoms with E-state index in [0.29, 0.717) is 10.8 Å². The maximum Gasteiger partial charge on any atom is 0.338 e. The Morgan fingerprint density at radius 3 is 2.48 bits per heavy atom. The van der Waals surface area contributed by atoms with Crippen LogP contribution in [0.4, 0.5) is 10.1 Å². The van der Waals surface area contributed by atoms with Gasteiger partial charge in [0.2, 0.25) is 5.82 Å². The van der Waals surface area contributed by atoms with Crippen molar-refractivity contribution in [1.29, 1.82) is 0 Å². The largest absolute Gasteiger partial charge is 0.490 e. The summed E-state index contributed by atoms with van der Waals surface area (Å²) in [6.07, 6.45) is 0. The molecule has 0 saturated carbocycles. The monoisotopic (exact) mass is 339 g/mol. The first-order valence-corrected chi connectivity index (χ1v) is 6.84. The highest BCUT2D eigenvalue weighted by Crippen LogP contribution is 2.18. The predicted octanol–water partition coefficient (Wildman–Crippen LogP) is 3.62. The molecule has 0 amide bonds. The molecule has 0 spiro atoms. The van der Waals surface area contributed by atoms with Crippen LogP contribution in [0.1, 0.15) is 10.4 Å². The number of nitro groups is 1. The average Bonchev–Trinajstić information content (AvgIpc) is 2.52. The van der Waals surface area contributed by atoms with Crippen LogP contribution in [0.3, 0.4) is 0 Å². The van der Waals surface area contributed by atoms with Crippen molar-refractivity contribution in [2.24, 2.45) is 0 Å². The highest BCUT2D eigenvalue weighted by atomic mass is 35.5. The molecule has 120 valence electrons. The van der Waals surface area contributed by atoms with E-state index < -0.39 is 22.4 Å². The third-order valence-corrected chi connectivity index (χ3v) is 3.03. The van der Waals surface area contributed by atoms with Crippen molar-refractivity contribution in [3.63, 3.8) is 0 Å². The Kier molecular flexibility index (Phi) is 5.48. The van der Waals surface area contributed by atoms with Gasteiger partial charge < -0.3 is 9.47 Å². The van der Waals surface area contributed by atoms with Gasteiger partial charge in [-0.3, -0.25) is 10.1 Å². The minimum atomic E-state index is -1.10. The lowest BCUT2D eigenvalue weighted by atomic mass is 10.2. The van der Waals surface area contributed by atoms with Crippen molar-refractivity contribution in [3.05, 3.63) is 69.0 Å². The van der Waals surface area contributed by atoms with E-state index in [1.807, 2.05) is 0 Å². The molecule has 23 heavy (non-hydrogen) atoms. The van der Waals surface area contributed by atoms with Crippen molar-refractivity contribution in [2.75, 3.05) is 13.2 Å². The van der Waals surface area contributed by atoms with Gasteiger partial charge in [-0.1, -0.05) is 11.6 Å². The number of carbonyl (C=O) groups excluding carboxylic acids is 1. The highest BCUT2D eigenvalue weighted by molar-refractivity contribution is 6.30. The second-order valence-corrected chi connectivity index (χ2v) is 4.80. The van der Waals surface area contributed by atoms with E-state index >= 15 is 0 Å². The fourth-order valence-corrected chi connectivity index (χ4v) is 1.82. The Bertz CT molecular complexity index is 720. The zero-order valence-electron chi connectivity index (χ0n) is 11.7. The molecule has 0 bridgehead atoms. The lowest BCUT2D eigenvalue weighted by molar-refractivity contribution is -0.387. The third kappa shape index (κ3) is 4.65. The Labute approximate surface area is 135 Å². The van der Waals surface area contributed by atoms with Crippen LogP contribution < -0.4 is 4.74 Å². The van der Waals surface area contributed by atoms with Gasteiger partial charge in [-0.15, -0.1) is 0 Å². The van der Waals surface area contributed by atoms with E-state index in [4.69, 9.17) is 21.1 Å². The van der Waals surface area contributed by atoms with E-state index in [1.54, 1.807) is 24.3 Å². The summed E-state index contributed by atoms with van der Waals surface area (Å²) in [4.78, 5) is 21.3. The number of carbonyl (C=O) groups is 1. The van der Waals surface area contributed by atoms with Crippen molar-refractivity contribution in [1.82, 2.24) is 0 Å². The summed E-state index contributed by atoms with van der Waals surface area (Å²) in [6, 6.07) is 9.44. The van der Waals surface area contributed by atoms with E-state index in [-0.39, 0.29) is 18.8 Å². The van der Waals surface area contributed by atoms with Crippen LogP contribution in [0.5, 0.6) is 5.75 Å². The van der Waals surface area contributed by atoms with Crippen LogP contribution in [0.2, 0.25) is 5.02 Å². The lowest BCUT2D eigenvalue weighted by Gasteiger charge is -2.07. The number of halogens is 2. The van der Waals surface area contributed by atoms with Crippen LogP contribution in [-0.2, 0) is 4.74 Å². The van der Waals surface area contributed by atoms with Crippen molar-refractivity contribution in [2.45, 2.75) is 0 Å². The maximum atomic E-state index is 13.4. The second kappa shape index (κ2) is 7.55. The molecule has 0 aliphatic carbocycles. The summed E-state index contributed by atoms with van der Waals surface area (Å²) in [5.74, 6) is -1.33. The van der Waals surface area contributed by atoms with Crippen LogP contribution in [-0.4, -0.2) is 24.1 Å². The summed E-state index contributed by atoms with van der Waals surface area (Å²) in [6.45, 7) is 0.0445. The SMILES string of the molecule is O=C(OCCOc1ccc(Cl)cc1)c1ccc([N+](=O)[O-])c(F)c1. The lowest BCUT2D eigenvalue weighted by Crippen LogP contribution is -2.12. The Hall–Kier alpha value is -2.67. The van der Waals surface area contributed by atoms with Gasteiger partial charge in [0.1, 0.15) is 19.0 Å². The number of nitrogens with zero attached hydrogens (tertiary/aromatic N) is 1. The van der Waals surface area contributed by atoms with Crippen molar-refractivity contribution >= 4 is 23.3 Å². The van der Waals surface area contributed by atoms with Gasteiger partial charge in [0, 0.05) is 11.1 Å². The fraction of sp³-hybridized carbons (Fsp3) is 0.133. The zero-order chi connectivity index (χ0) is 16.8. The first-order valence-electron chi connectivity index (χ1n) is 6.47. The number of rotatable bonds is 6. The van der Waals surface area contributed by atoms with Crippen molar-refractivity contribution < 1.29 is 23.6 Å². The molecule has 2 rings (SSSR count). The van der Waals surface area contributed by atoms with E-state index in [0.717, 1.165) is 18.2 Å². The number of benzene rings is 2. The molecule has 0 aliphatic heterocycles. The number of hydrogen-bond acceptors (Lipinski definition) is 5. The normalized spacial score (nSPS) is 10.2. The summed E-state index contributed by atoms with van der Waals surface area (Å²) >= 11 is 5.73. The molecular weight excluding hydrogens is 329 g/mol. The van der Waals surface area contributed by atoms with Crippen LogP contribution in [0.15, 0.2) is 42.5 Å². The molecule has 0 N–H and O–H groups in total. The summed E-state index contributed by atoms with van der Waals surface area (Å²) < 4.78 is 23.6. The molecular formula is C15H11ClFNO5. The minimum absolute atomic E-state index is 0.0555. The summed E-state index contributed by atoms with van der Waals surface area (Å²) in [5.41, 5.74) is -0.813. The Balaban J connectivity index is 1.84. The first kappa shape index (κ1) is 16.7. The van der Waals surface area contributed by atoms with Gasteiger partial charge in [0.15, 0.2) is 0 Å². The Morgan fingerprint density at radius 1 is 1.17 bits per heavy atom. The van der Waals surface area contributed by atoms with Gasteiger partial charge in [-0.25, -0.2) is 4.79 Å². The zero-order valence-corrected chi connectivity index (χ0v) is 12.5. The highest BCUT2D eigenvalue weighted by Gasteiger charge is 2.17. The standard InChI is InChI=1S/C15H11ClFNO5/c16-11-2-4-12(5-3-11)22-7-8-23-15(19)10-1-6-14(18(20)21)13(17)9-10/h1-6,9H,7-8H2. The molecule has 2 aromatic carbocycles. The van der Waals surface area contributed by atoms with E-state index in [9.17, 15) is 19.3 Å². The summed E-state index contributed by atoms with van der Waals surface area (Å²) in [5, 5.41) is 11.1. The molecule has 0 fully saturated rings. The van der Waals surface area contributed by atoms with Crippen LogP contribution >= 0.6 is 11.6 Å². The second-order valence-electron chi connectivity index (χ2n) is 4.36. The molecule has 0 saturated heterocycles. The van der Waals surface area contributed by atoms with Gasteiger partial charge >= 0.3 is 11.7 Å². The predicted molar refractivity (Wildman–Crippen MR) is 80.3 cm³/mol. The first-order chi connectivity index (χ1) is 11.0. The molecule has 2 aromatic rings. The average molecular weight is 340 g/mol. The Morgan fingerprint density at radius 2 is 1.87 bits per heavy atom. The molecule has 0 atom stereocenters. The molecule has 0 heterocycles. The van der Waals surface area contributed by atoms with E-state index in [1.165, 1.54) is 0 Å². The van der Waals surface area contributed by atoms with Gasteiger partial charge in [0.05, 0.1) is 10.5 Å². The van der Waals surface area contributed by atoms with Crippen molar-refractivity contribution in [3.8, 4) is 5.75 Å². The number of ether oxygens (including phenoxy) is 2.